The zero-order valence-electron chi connectivity index (χ0n) is 11.4. The van der Waals surface area contributed by atoms with Gasteiger partial charge in [0.1, 0.15) is 0 Å². The minimum Gasteiger partial charge on any atom is -0.489 e. The fourth-order valence-electron chi connectivity index (χ4n) is 2.70. The number of carbonyl (C=O) groups excluding carboxylic acids is 2. The van der Waals surface area contributed by atoms with Crippen molar-refractivity contribution in [3.63, 3.8) is 0 Å². The Labute approximate surface area is 116 Å². The first-order chi connectivity index (χ1) is 9.54. The van der Waals surface area contributed by atoms with E-state index in [0.29, 0.717) is 30.1 Å². The average molecular weight is 276 g/mol. The van der Waals surface area contributed by atoms with Gasteiger partial charge in [0.25, 0.3) is 5.78 Å². The van der Waals surface area contributed by atoms with E-state index in [1.807, 2.05) is 0 Å². The Morgan fingerprint density at radius 1 is 1.35 bits per heavy atom. The first-order valence-corrected chi connectivity index (χ1v) is 6.71. The normalized spacial score (nSPS) is 21.9. The van der Waals surface area contributed by atoms with Gasteiger partial charge < -0.3 is 14.3 Å². The van der Waals surface area contributed by atoms with E-state index >= 15 is 0 Å². The molecule has 0 spiro atoms. The van der Waals surface area contributed by atoms with Gasteiger partial charge in [-0.2, -0.15) is 0 Å². The van der Waals surface area contributed by atoms with Crippen molar-refractivity contribution in [2.45, 2.75) is 26.9 Å². The van der Waals surface area contributed by atoms with Gasteiger partial charge in [-0.25, -0.2) is 0 Å². The third-order valence-electron chi connectivity index (χ3n) is 4.08. The van der Waals surface area contributed by atoms with Crippen LogP contribution in [0.15, 0.2) is 22.0 Å². The molecular formula is C15H16O5. The van der Waals surface area contributed by atoms with Crippen LogP contribution in [0.5, 0.6) is 0 Å². The van der Waals surface area contributed by atoms with E-state index in [9.17, 15) is 14.7 Å². The summed E-state index contributed by atoms with van der Waals surface area (Å²) in [5, 5.41) is 9.25. The molecule has 1 aliphatic heterocycles. The van der Waals surface area contributed by atoms with E-state index in [4.69, 9.17) is 9.15 Å². The molecule has 0 amide bonds. The second-order valence-electron chi connectivity index (χ2n) is 5.61. The maximum absolute atomic E-state index is 12.5. The number of furan rings is 1. The van der Waals surface area contributed by atoms with Crippen LogP contribution in [0.25, 0.3) is 0 Å². The highest BCUT2D eigenvalue weighted by atomic mass is 16.5. The van der Waals surface area contributed by atoms with E-state index in [0.717, 1.165) is 0 Å². The number of rotatable bonds is 2. The van der Waals surface area contributed by atoms with E-state index in [1.165, 1.54) is 6.26 Å². The zero-order chi connectivity index (χ0) is 14.4. The molecule has 1 aliphatic carbocycles. The highest BCUT2D eigenvalue weighted by molar-refractivity contribution is 6.25. The Morgan fingerprint density at radius 2 is 2.10 bits per heavy atom. The summed E-state index contributed by atoms with van der Waals surface area (Å²) in [6.45, 7) is 4.25. The Kier molecular flexibility index (Phi) is 3.01. The molecule has 1 atom stereocenters. The van der Waals surface area contributed by atoms with Crippen LogP contribution in [0, 0.1) is 11.8 Å². The molecule has 0 fully saturated rings. The lowest BCUT2D eigenvalue weighted by molar-refractivity contribution is 0.0696. The molecule has 0 bridgehead atoms. The Balaban J connectivity index is 2.06. The largest absolute Gasteiger partial charge is 0.489 e. The first-order valence-electron chi connectivity index (χ1n) is 6.71. The molecule has 20 heavy (non-hydrogen) atoms. The van der Waals surface area contributed by atoms with Crippen LogP contribution in [0.3, 0.4) is 0 Å². The predicted octanol–water partition coefficient (Wildman–Crippen LogP) is 2.10. The molecular weight excluding hydrogens is 260 g/mol. The number of Topliss-reactive ketones (excluding diaryl/α,β-unsaturated/α-hetero) is 2. The summed E-state index contributed by atoms with van der Waals surface area (Å²) in [6.07, 6.45) is 1.80. The molecule has 0 aromatic carbocycles. The van der Waals surface area contributed by atoms with Crippen molar-refractivity contribution in [2.24, 2.45) is 11.8 Å². The van der Waals surface area contributed by atoms with Crippen LogP contribution < -0.4 is 0 Å². The number of aliphatic hydroxyl groups is 1. The molecule has 106 valence electrons. The van der Waals surface area contributed by atoms with Gasteiger partial charge in [-0.1, -0.05) is 13.8 Å². The van der Waals surface area contributed by atoms with Gasteiger partial charge in [0.2, 0.25) is 0 Å². The summed E-state index contributed by atoms with van der Waals surface area (Å²) in [5.41, 5.74) is 0.976. The standard InChI is InChI=1S/C15H16O5/c1-7(2)8-3-10-12(17)11-9(4-16)6-20-15(11)13(18)14(10)19-5-8/h6-8,16H,3-5H2,1-2H3/t8-/m0/s1. The van der Waals surface area contributed by atoms with Gasteiger partial charge in [0.15, 0.2) is 17.3 Å². The highest BCUT2D eigenvalue weighted by Crippen LogP contribution is 2.38. The first kappa shape index (κ1) is 13.1. The van der Waals surface area contributed by atoms with E-state index in [1.54, 1.807) is 0 Å². The molecule has 1 aromatic heterocycles. The number of allylic oxidation sites excluding steroid dienone is 2. The highest BCUT2D eigenvalue weighted by Gasteiger charge is 2.41. The van der Waals surface area contributed by atoms with Crippen molar-refractivity contribution in [1.29, 1.82) is 0 Å². The second kappa shape index (κ2) is 4.59. The molecule has 0 unspecified atom stereocenters. The van der Waals surface area contributed by atoms with Crippen LogP contribution in [-0.2, 0) is 11.3 Å². The maximum atomic E-state index is 12.5. The summed E-state index contributed by atoms with van der Waals surface area (Å²) in [4.78, 5) is 24.8. The smallest absolute Gasteiger partial charge is 0.263 e. The van der Waals surface area contributed by atoms with Crippen LogP contribution in [-0.4, -0.2) is 23.3 Å². The van der Waals surface area contributed by atoms with Gasteiger partial charge in [-0.3, -0.25) is 9.59 Å². The molecule has 5 nitrogen and oxygen atoms in total. The number of ketones is 2. The van der Waals surface area contributed by atoms with Crippen LogP contribution in [0.1, 0.15) is 46.7 Å². The number of hydrogen-bond donors (Lipinski definition) is 1. The molecule has 3 rings (SSSR count). The topological polar surface area (TPSA) is 76.7 Å². The number of fused-ring (bicyclic) bond motifs is 1. The minimum atomic E-state index is -0.392. The Bertz CT molecular complexity index is 620. The van der Waals surface area contributed by atoms with Crippen molar-refractivity contribution >= 4 is 11.6 Å². The van der Waals surface area contributed by atoms with Gasteiger partial charge >= 0.3 is 0 Å². The second-order valence-corrected chi connectivity index (χ2v) is 5.61. The van der Waals surface area contributed by atoms with Crippen molar-refractivity contribution in [1.82, 2.24) is 0 Å². The molecule has 1 N–H and O–H groups in total. The third kappa shape index (κ3) is 1.73. The number of carbonyl (C=O) groups is 2. The van der Waals surface area contributed by atoms with Crippen LogP contribution in [0.4, 0.5) is 0 Å². The van der Waals surface area contributed by atoms with Gasteiger partial charge in [-0.05, 0) is 18.3 Å². The van der Waals surface area contributed by atoms with Gasteiger partial charge in [-0.15, -0.1) is 0 Å². The fourth-order valence-corrected chi connectivity index (χ4v) is 2.70. The zero-order valence-corrected chi connectivity index (χ0v) is 11.4. The van der Waals surface area contributed by atoms with Gasteiger partial charge in [0.05, 0.1) is 25.0 Å². The molecule has 1 aromatic rings. The van der Waals surface area contributed by atoms with E-state index in [2.05, 4.69) is 13.8 Å². The fraction of sp³-hybridized carbons (Fsp3) is 0.467. The number of hydrogen-bond acceptors (Lipinski definition) is 5. The SMILES string of the molecule is CC(C)[C@@H]1COC2=C(C1)C(=O)c1c(CO)coc1C2=O. The average Bonchev–Trinajstić information content (AvgIpc) is 2.88. The molecule has 2 aliphatic rings. The van der Waals surface area contributed by atoms with Crippen molar-refractivity contribution in [2.75, 3.05) is 6.61 Å². The molecule has 5 heteroatoms. The molecule has 0 saturated carbocycles. The Hall–Kier alpha value is -1.88. The summed E-state index contributed by atoms with van der Waals surface area (Å²) in [7, 11) is 0. The van der Waals surface area contributed by atoms with Crippen molar-refractivity contribution < 1.29 is 23.8 Å². The third-order valence-corrected chi connectivity index (χ3v) is 4.08. The monoisotopic (exact) mass is 276 g/mol. The van der Waals surface area contributed by atoms with Crippen molar-refractivity contribution in [3.05, 3.63) is 34.5 Å². The lowest BCUT2D eigenvalue weighted by atomic mass is 9.81. The van der Waals surface area contributed by atoms with E-state index < -0.39 is 5.78 Å². The van der Waals surface area contributed by atoms with E-state index in [-0.39, 0.29) is 35.4 Å². The van der Waals surface area contributed by atoms with Gasteiger partial charge in [0, 0.05) is 11.1 Å². The Morgan fingerprint density at radius 3 is 2.75 bits per heavy atom. The minimum absolute atomic E-state index is 0.0132. The number of ether oxygens (including phenoxy) is 1. The lowest BCUT2D eigenvalue weighted by Crippen LogP contribution is -2.32. The maximum Gasteiger partial charge on any atom is 0.263 e. The van der Waals surface area contributed by atoms with Crippen LogP contribution in [0.2, 0.25) is 0 Å². The van der Waals surface area contributed by atoms with Crippen LogP contribution >= 0.6 is 0 Å². The molecule has 0 radical (unpaired) electrons. The molecule has 0 saturated heterocycles. The summed E-state index contributed by atoms with van der Waals surface area (Å²) >= 11 is 0. The van der Waals surface area contributed by atoms with Crippen molar-refractivity contribution in [3.8, 4) is 0 Å². The summed E-state index contributed by atoms with van der Waals surface area (Å²) < 4.78 is 10.7. The number of aliphatic hydroxyl groups excluding tert-OH is 1. The summed E-state index contributed by atoms with van der Waals surface area (Å²) in [5.74, 6) is 0.0554. The molecule has 2 heterocycles. The predicted molar refractivity (Wildman–Crippen MR) is 69.2 cm³/mol. The summed E-state index contributed by atoms with van der Waals surface area (Å²) in [6, 6.07) is 0. The quantitative estimate of drug-likeness (QED) is 0.895. The lowest BCUT2D eigenvalue weighted by Gasteiger charge is -2.30.